The van der Waals surface area contributed by atoms with Gasteiger partial charge in [0.2, 0.25) is 0 Å². The molecule has 5 aromatic rings. The van der Waals surface area contributed by atoms with Crippen molar-refractivity contribution >= 4 is 43.3 Å². The minimum atomic E-state index is -5.21. The molecule has 5 rings (SSSR count). The summed E-state index contributed by atoms with van der Waals surface area (Å²) in [5.74, 6) is 0.429. The van der Waals surface area contributed by atoms with Gasteiger partial charge >= 0.3 is 10.5 Å². The Kier molecular flexibility index (Phi) is 6.56. The fraction of sp³-hybridized carbons (Fsp3) is 0.241. The standard InChI is InChI=1S/C29H26FN3O5S/c1-16(2)15-37-26-13-23-25(12-22(26)19-6-5-7-20(11-19)38-39(30,35)36)33(17(3)4)29-27(28(23)34)21-9-8-18(14-31)10-24(21)32-29/h5-13,16-17,32H,15H2,1-4H3. The second-order valence-corrected chi connectivity index (χ2v) is 11.0. The first-order chi connectivity index (χ1) is 18.5. The third-order valence-electron chi connectivity index (χ3n) is 6.41. The molecule has 0 aliphatic carbocycles. The highest BCUT2D eigenvalue weighted by Crippen LogP contribution is 2.38. The molecule has 0 atom stereocenters. The van der Waals surface area contributed by atoms with Crippen LogP contribution in [0, 0.1) is 17.2 Å². The molecule has 0 unspecified atom stereocenters. The van der Waals surface area contributed by atoms with E-state index in [-0.39, 0.29) is 23.1 Å². The first-order valence-electron chi connectivity index (χ1n) is 12.4. The Labute approximate surface area is 224 Å². The van der Waals surface area contributed by atoms with Gasteiger partial charge in [0.25, 0.3) is 0 Å². The summed E-state index contributed by atoms with van der Waals surface area (Å²) in [4.78, 5) is 17.3. The summed E-state index contributed by atoms with van der Waals surface area (Å²) in [6, 6.07) is 16.8. The van der Waals surface area contributed by atoms with Gasteiger partial charge in [0.15, 0.2) is 5.43 Å². The number of nitrogens with zero attached hydrogens (tertiary/aromatic N) is 2. The van der Waals surface area contributed by atoms with Crippen LogP contribution in [0.2, 0.25) is 0 Å². The highest BCUT2D eigenvalue weighted by Gasteiger charge is 2.21. The van der Waals surface area contributed by atoms with Crippen LogP contribution in [0.4, 0.5) is 3.89 Å². The topological polar surface area (TPSA) is 114 Å². The monoisotopic (exact) mass is 547 g/mol. The van der Waals surface area contributed by atoms with E-state index in [0.717, 1.165) is 5.39 Å². The van der Waals surface area contributed by atoms with Gasteiger partial charge < -0.3 is 18.5 Å². The van der Waals surface area contributed by atoms with E-state index >= 15 is 0 Å². The van der Waals surface area contributed by atoms with Crippen molar-refractivity contribution in [3.05, 3.63) is 70.4 Å². The largest absolute Gasteiger partial charge is 0.493 e. The van der Waals surface area contributed by atoms with E-state index < -0.39 is 10.5 Å². The number of hydrogen-bond acceptors (Lipinski definition) is 6. The molecule has 200 valence electrons. The number of ether oxygens (including phenoxy) is 1. The number of pyridine rings is 1. The molecule has 1 N–H and O–H groups in total. The molecule has 0 spiro atoms. The fourth-order valence-electron chi connectivity index (χ4n) is 4.84. The lowest BCUT2D eigenvalue weighted by Gasteiger charge is -2.20. The van der Waals surface area contributed by atoms with Crippen LogP contribution in [0.25, 0.3) is 44.0 Å². The van der Waals surface area contributed by atoms with Crippen molar-refractivity contribution in [1.29, 1.82) is 5.26 Å². The molecule has 0 radical (unpaired) electrons. The summed E-state index contributed by atoms with van der Waals surface area (Å²) < 4.78 is 48.0. The quantitative estimate of drug-likeness (QED) is 0.236. The molecule has 2 heterocycles. The van der Waals surface area contributed by atoms with Crippen LogP contribution in [-0.2, 0) is 10.5 Å². The normalized spacial score (nSPS) is 12.1. The minimum Gasteiger partial charge on any atom is -0.493 e. The Balaban J connectivity index is 1.86. The molecule has 0 bridgehead atoms. The molecule has 39 heavy (non-hydrogen) atoms. The Morgan fingerprint density at radius 1 is 1.05 bits per heavy atom. The molecule has 0 saturated heterocycles. The van der Waals surface area contributed by atoms with Crippen LogP contribution in [0.15, 0.2) is 59.4 Å². The number of benzene rings is 3. The highest BCUT2D eigenvalue weighted by molar-refractivity contribution is 7.81. The molecule has 0 amide bonds. The van der Waals surface area contributed by atoms with Crippen molar-refractivity contribution in [3.8, 4) is 28.7 Å². The summed E-state index contributed by atoms with van der Waals surface area (Å²) in [6.07, 6.45) is 0. The Morgan fingerprint density at radius 2 is 1.82 bits per heavy atom. The molecule has 0 aliphatic rings. The molecule has 3 aromatic carbocycles. The van der Waals surface area contributed by atoms with Crippen LogP contribution in [0.3, 0.4) is 0 Å². The lowest BCUT2D eigenvalue weighted by Crippen LogP contribution is -2.14. The van der Waals surface area contributed by atoms with Crippen LogP contribution < -0.4 is 14.3 Å². The zero-order chi connectivity index (χ0) is 28.1. The zero-order valence-corrected chi connectivity index (χ0v) is 22.6. The summed E-state index contributed by atoms with van der Waals surface area (Å²) in [7, 11) is -5.21. The fourth-order valence-corrected chi connectivity index (χ4v) is 5.17. The highest BCUT2D eigenvalue weighted by atomic mass is 32.3. The van der Waals surface area contributed by atoms with Crippen LogP contribution in [0.5, 0.6) is 11.5 Å². The van der Waals surface area contributed by atoms with Crippen molar-refractivity contribution in [2.75, 3.05) is 6.61 Å². The maximum absolute atomic E-state index is 14.0. The summed E-state index contributed by atoms with van der Waals surface area (Å²) in [6.45, 7) is 8.37. The Morgan fingerprint density at radius 3 is 2.49 bits per heavy atom. The van der Waals surface area contributed by atoms with E-state index in [2.05, 4.69) is 15.2 Å². The van der Waals surface area contributed by atoms with Crippen molar-refractivity contribution in [1.82, 2.24) is 9.55 Å². The molecule has 0 saturated carbocycles. The van der Waals surface area contributed by atoms with Gasteiger partial charge in [0.05, 0.1) is 34.5 Å². The number of nitrogens with one attached hydrogen (secondary N) is 1. The number of halogens is 1. The maximum atomic E-state index is 14.0. The van der Waals surface area contributed by atoms with E-state index in [4.69, 9.17) is 4.74 Å². The summed E-state index contributed by atoms with van der Waals surface area (Å²) in [5, 5.41) is 11.0. The third-order valence-corrected chi connectivity index (χ3v) is 6.80. The first kappa shape index (κ1) is 26.3. The minimum absolute atomic E-state index is 0.0688. The van der Waals surface area contributed by atoms with Gasteiger partial charge in [0.1, 0.15) is 17.1 Å². The number of aromatic amines is 1. The average Bonchev–Trinajstić information content (AvgIpc) is 3.24. The second-order valence-electron chi connectivity index (χ2n) is 10.1. The third kappa shape index (κ3) is 4.93. The van der Waals surface area contributed by atoms with Gasteiger partial charge in [-0.2, -0.15) is 13.7 Å². The number of nitriles is 1. The van der Waals surface area contributed by atoms with Crippen LogP contribution in [-0.4, -0.2) is 24.6 Å². The predicted octanol–water partition coefficient (Wildman–Crippen LogP) is 6.38. The number of rotatable bonds is 7. The van der Waals surface area contributed by atoms with Gasteiger partial charge in [-0.05, 0) is 61.7 Å². The predicted molar refractivity (Wildman–Crippen MR) is 149 cm³/mol. The molecule has 2 aromatic heterocycles. The second kappa shape index (κ2) is 9.75. The van der Waals surface area contributed by atoms with Crippen molar-refractivity contribution in [3.63, 3.8) is 0 Å². The van der Waals surface area contributed by atoms with Gasteiger partial charge in [-0.1, -0.05) is 35.9 Å². The number of hydrogen-bond donors (Lipinski definition) is 1. The maximum Gasteiger partial charge on any atom is 0.488 e. The average molecular weight is 548 g/mol. The molecular formula is C29H26FN3O5S. The van der Waals surface area contributed by atoms with Crippen molar-refractivity contribution < 1.29 is 21.2 Å². The number of H-pyrrole nitrogens is 1. The number of fused-ring (bicyclic) bond motifs is 4. The lowest BCUT2D eigenvalue weighted by molar-refractivity contribution is 0.272. The van der Waals surface area contributed by atoms with Crippen LogP contribution in [0.1, 0.15) is 39.3 Å². The van der Waals surface area contributed by atoms with E-state index in [1.165, 1.54) is 12.1 Å². The van der Waals surface area contributed by atoms with E-state index in [0.29, 0.717) is 56.5 Å². The summed E-state index contributed by atoms with van der Waals surface area (Å²) in [5.41, 5.74) is 3.33. The Hall–Kier alpha value is -4.36. The van der Waals surface area contributed by atoms with E-state index in [1.54, 1.807) is 36.4 Å². The van der Waals surface area contributed by atoms with Gasteiger partial charge in [-0.15, -0.1) is 0 Å². The van der Waals surface area contributed by atoms with Crippen molar-refractivity contribution in [2.45, 2.75) is 33.7 Å². The molecular weight excluding hydrogens is 521 g/mol. The molecule has 8 nitrogen and oxygen atoms in total. The van der Waals surface area contributed by atoms with Gasteiger partial charge in [-0.25, -0.2) is 0 Å². The number of aromatic nitrogens is 2. The van der Waals surface area contributed by atoms with Gasteiger partial charge in [-0.3, -0.25) is 4.79 Å². The van der Waals surface area contributed by atoms with Crippen LogP contribution >= 0.6 is 0 Å². The van der Waals surface area contributed by atoms with E-state index in [9.17, 15) is 22.4 Å². The molecule has 0 fully saturated rings. The molecule has 10 heteroatoms. The van der Waals surface area contributed by atoms with Gasteiger partial charge in [0, 0.05) is 22.5 Å². The first-order valence-corrected chi connectivity index (χ1v) is 13.7. The van der Waals surface area contributed by atoms with Crippen molar-refractivity contribution in [2.24, 2.45) is 5.92 Å². The van der Waals surface area contributed by atoms with E-state index in [1.807, 2.05) is 38.3 Å². The molecule has 0 aliphatic heterocycles. The smallest absolute Gasteiger partial charge is 0.488 e. The zero-order valence-electron chi connectivity index (χ0n) is 21.8. The summed E-state index contributed by atoms with van der Waals surface area (Å²) >= 11 is 0. The SMILES string of the molecule is CC(C)COc1cc2c(=O)c3c4ccc(C#N)cc4[nH]c3n(C(C)C)c2cc1-c1cccc(OS(=O)(=O)F)c1. The lowest BCUT2D eigenvalue weighted by atomic mass is 10.00. The Bertz CT molecular complexity index is 1970.